The molecule has 0 aromatic carbocycles. The van der Waals surface area contributed by atoms with Crippen molar-refractivity contribution in [2.75, 3.05) is 11.9 Å². The van der Waals surface area contributed by atoms with Crippen LogP contribution in [0.5, 0.6) is 0 Å². The molecule has 0 saturated heterocycles. The van der Waals surface area contributed by atoms with E-state index in [1.165, 1.54) is 15.0 Å². The summed E-state index contributed by atoms with van der Waals surface area (Å²) >= 11 is 1.66. The van der Waals surface area contributed by atoms with E-state index in [9.17, 15) is 4.79 Å². The molecular weight excluding hydrogens is 412 g/mol. The lowest BCUT2D eigenvalue weighted by Crippen LogP contribution is -2.22. The first-order chi connectivity index (χ1) is 14.9. The lowest BCUT2D eigenvalue weighted by atomic mass is 10.2. The number of rotatable bonds is 4. The second-order valence-electron chi connectivity index (χ2n) is 7.46. The van der Waals surface area contributed by atoms with E-state index in [0.29, 0.717) is 23.8 Å². The Bertz CT molecular complexity index is 1480. The van der Waals surface area contributed by atoms with Crippen LogP contribution in [0.3, 0.4) is 0 Å². The third-order valence-corrected chi connectivity index (χ3v) is 6.49. The first-order valence-corrected chi connectivity index (χ1v) is 10.5. The zero-order valence-corrected chi connectivity index (χ0v) is 18.4. The van der Waals surface area contributed by atoms with Crippen LogP contribution in [0.15, 0.2) is 41.7 Å². The number of nitrogens with zero attached hydrogens (tertiary/aromatic N) is 8. The van der Waals surface area contributed by atoms with Crippen LogP contribution in [0.25, 0.3) is 27.3 Å². The SMILES string of the molecule is Cc1sc2nc(-c3cccnc3)nc(N(C)Cc3nnc4c(=O)n(C)ccn34)c2c1C. The predicted molar refractivity (Wildman–Crippen MR) is 120 cm³/mol. The van der Waals surface area contributed by atoms with Crippen molar-refractivity contribution in [3.63, 3.8) is 0 Å². The molecule has 0 atom stereocenters. The van der Waals surface area contributed by atoms with Gasteiger partial charge in [0, 0.05) is 49.3 Å². The zero-order valence-electron chi connectivity index (χ0n) is 17.6. The molecule has 0 saturated carbocycles. The molecule has 0 fully saturated rings. The summed E-state index contributed by atoms with van der Waals surface area (Å²) in [7, 11) is 3.66. The van der Waals surface area contributed by atoms with Crippen molar-refractivity contribution in [3.05, 3.63) is 63.5 Å². The second kappa shape index (κ2) is 7.24. The van der Waals surface area contributed by atoms with Crippen LogP contribution >= 0.6 is 11.3 Å². The average molecular weight is 433 g/mol. The molecule has 0 aliphatic rings. The number of thiophene rings is 1. The largest absolute Gasteiger partial charge is 0.351 e. The number of fused-ring (bicyclic) bond motifs is 2. The van der Waals surface area contributed by atoms with Gasteiger partial charge in [0.25, 0.3) is 5.56 Å². The van der Waals surface area contributed by atoms with Gasteiger partial charge in [-0.05, 0) is 31.5 Å². The normalized spacial score (nSPS) is 11.5. The minimum Gasteiger partial charge on any atom is -0.351 e. The second-order valence-corrected chi connectivity index (χ2v) is 8.66. The number of hydrogen-bond donors (Lipinski definition) is 0. The Morgan fingerprint density at radius 3 is 2.77 bits per heavy atom. The summed E-state index contributed by atoms with van der Waals surface area (Å²) in [6, 6.07) is 3.83. The Balaban J connectivity index is 1.63. The molecule has 0 radical (unpaired) electrons. The van der Waals surface area contributed by atoms with E-state index in [1.54, 1.807) is 47.6 Å². The zero-order chi connectivity index (χ0) is 21.7. The van der Waals surface area contributed by atoms with E-state index < -0.39 is 0 Å². The molecule has 0 aliphatic carbocycles. The smallest absolute Gasteiger partial charge is 0.295 e. The number of anilines is 1. The van der Waals surface area contributed by atoms with Crippen molar-refractivity contribution in [1.29, 1.82) is 0 Å². The molecule has 0 amide bonds. The van der Waals surface area contributed by atoms with E-state index in [4.69, 9.17) is 9.97 Å². The van der Waals surface area contributed by atoms with E-state index >= 15 is 0 Å². The van der Waals surface area contributed by atoms with E-state index in [2.05, 4.69) is 29.0 Å². The Hall–Kier alpha value is -3.66. The van der Waals surface area contributed by atoms with Crippen LogP contribution in [-0.2, 0) is 13.6 Å². The maximum absolute atomic E-state index is 12.3. The third kappa shape index (κ3) is 3.15. The van der Waals surface area contributed by atoms with Crippen LogP contribution in [0, 0.1) is 13.8 Å². The van der Waals surface area contributed by atoms with Crippen LogP contribution in [-0.4, -0.2) is 41.2 Å². The van der Waals surface area contributed by atoms with Crippen LogP contribution in [0.2, 0.25) is 0 Å². The van der Waals surface area contributed by atoms with Gasteiger partial charge in [-0.15, -0.1) is 21.5 Å². The molecule has 10 heteroatoms. The summed E-state index contributed by atoms with van der Waals surface area (Å²) < 4.78 is 3.22. The summed E-state index contributed by atoms with van der Waals surface area (Å²) in [5.74, 6) is 2.10. The molecule has 5 aromatic heterocycles. The standard InChI is InChI=1S/C21H20N8OS/c1-12-13(2)31-20-16(12)18(23-17(24-20)14-6-5-7-22-10-14)28(4)11-15-25-26-19-21(30)27(3)8-9-29(15)19/h5-10H,11H2,1-4H3. The monoisotopic (exact) mass is 432 g/mol. The summed E-state index contributed by atoms with van der Waals surface area (Å²) in [5.41, 5.74) is 2.15. The van der Waals surface area contributed by atoms with Gasteiger partial charge in [0.15, 0.2) is 11.6 Å². The topological polar surface area (TPSA) is 94.1 Å². The molecule has 31 heavy (non-hydrogen) atoms. The molecule has 156 valence electrons. The van der Waals surface area contributed by atoms with Crippen molar-refractivity contribution >= 4 is 33.0 Å². The summed E-state index contributed by atoms with van der Waals surface area (Å²) in [4.78, 5) is 30.4. The predicted octanol–water partition coefficient (Wildman–Crippen LogP) is 2.75. The average Bonchev–Trinajstić information content (AvgIpc) is 3.31. The molecule has 0 spiro atoms. The first-order valence-electron chi connectivity index (χ1n) is 9.72. The summed E-state index contributed by atoms with van der Waals surface area (Å²) in [6.45, 7) is 4.62. The highest BCUT2D eigenvalue weighted by Crippen LogP contribution is 2.36. The molecular formula is C21H20N8OS. The number of hydrogen-bond acceptors (Lipinski definition) is 8. The molecule has 5 aromatic rings. The molecule has 0 aliphatic heterocycles. The van der Waals surface area contributed by atoms with Crippen molar-refractivity contribution < 1.29 is 0 Å². The molecule has 5 rings (SSSR count). The number of aryl methyl sites for hydroxylation is 3. The van der Waals surface area contributed by atoms with Crippen molar-refractivity contribution in [1.82, 2.24) is 34.1 Å². The van der Waals surface area contributed by atoms with Gasteiger partial charge in [-0.1, -0.05) is 0 Å². The van der Waals surface area contributed by atoms with Crippen molar-refractivity contribution in [2.24, 2.45) is 7.05 Å². The van der Waals surface area contributed by atoms with Gasteiger partial charge in [-0.2, -0.15) is 0 Å². The lowest BCUT2D eigenvalue weighted by Gasteiger charge is -2.19. The fourth-order valence-corrected chi connectivity index (χ4v) is 4.57. The Morgan fingerprint density at radius 2 is 2.00 bits per heavy atom. The Morgan fingerprint density at radius 1 is 1.16 bits per heavy atom. The van der Waals surface area contributed by atoms with E-state index in [1.807, 2.05) is 24.1 Å². The van der Waals surface area contributed by atoms with Crippen molar-refractivity contribution in [3.8, 4) is 11.4 Å². The third-order valence-electron chi connectivity index (χ3n) is 5.39. The highest BCUT2D eigenvalue weighted by atomic mass is 32.1. The molecule has 5 heterocycles. The minimum atomic E-state index is -0.184. The van der Waals surface area contributed by atoms with Gasteiger partial charge in [-0.3, -0.25) is 14.2 Å². The van der Waals surface area contributed by atoms with E-state index in [-0.39, 0.29) is 5.56 Å². The summed E-state index contributed by atoms with van der Waals surface area (Å²) in [5, 5.41) is 9.38. The molecule has 9 nitrogen and oxygen atoms in total. The maximum Gasteiger partial charge on any atom is 0.295 e. The highest BCUT2D eigenvalue weighted by Gasteiger charge is 2.20. The molecule has 0 bridgehead atoms. The quantitative estimate of drug-likeness (QED) is 0.431. The first kappa shape index (κ1) is 19.3. The van der Waals surface area contributed by atoms with Gasteiger partial charge in [0.2, 0.25) is 5.65 Å². The Labute approximate surface area is 181 Å². The van der Waals surface area contributed by atoms with Crippen LogP contribution in [0.4, 0.5) is 5.82 Å². The molecule has 0 unspecified atom stereocenters. The van der Waals surface area contributed by atoms with Crippen LogP contribution in [0.1, 0.15) is 16.3 Å². The van der Waals surface area contributed by atoms with Gasteiger partial charge < -0.3 is 9.47 Å². The van der Waals surface area contributed by atoms with E-state index in [0.717, 1.165) is 21.6 Å². The summed E-state index contributed by atoms with van der Waals surface area (Å²) in [6.07, 6.45) is 7.00. The maximum atomic E-state index is 12.3. The fourth-order valence-electron chi connectivity index (χ4n) is 3.54. The minimum absolute atomic E-state index is 0.184. The van der Waals surface area contributed by atoms with Gasteiger partial charge in [-0.25, -0.2) is 9.97 Å². The van der Waals surface area contributed by atoms with Gasteiger partial charge >= 0.3 is 0 Å². The van der Waals surface area contributed by atoms with Gasteiger partial charge in [0.1, 0.15) is 10.6 Å². The van der Waals surface area contributed by atoms with Crippen LogP contribution < -0.4 is 10.5 Å². The highest BCUT2D eigenvalue weighted by molar-refractivity contribution is 7.18. The fraction of sp³-hybridized carbons (Fsp3) is 0.238. The lowest BCUT2D eigenvalue weighted by molar-refractivity contribution is 0.796. The number of aromatic nitrogens is 7. The molecule has 0 N–H and O–H groups in total. The van der Waals surface area contributed by atoms with Gasteiger partial charge in [0.05, 0.1) is 11.9 Å². The Kier molecular flexibility index (Phi) is 4.51. The van der Waals surface area contributed by atoms with Crippen molar-refractivity contribution in [2.45, 2.75) is 20.4 Å². The number of pyridine rings is 1.